The minimum atomic E-state index is -0.199. The Balaban J connectivity index is 2.05. The molecule has 1 saturated heterocycles. The van der Waals surface area contributed by atoms with Crippen molar-refractivity contribution in [3.8, 4) is 0 Å². The van der Waals surface area contributed by atoms with E-state index in [4.69, 9.17) is 0 Å². The predicted octanol–water partition coefficient (Wildman–Crippen LogP) is 1.89. The van der Waals surface area contributed by atoms with Crippen LogP contribution in [-0.2, 0) is 4.79 Å². The number of amides is 1. The topological polar surface area (TPSA) is 40.5 Å². The van der Waals surface area contributed by atoms with Crippen LogP contribution >= 0.6 is 11.8 Å². The number of thioether (sulfide) groups is 1. The number of hydrogen-bond acceptors (Lipinski definition) is 3. The lowest BCUT2D eigenvalue weighted by Crippen LogP contribution is -2.62. The summed E-state index contributed by atoms with van der Waals surface area (Å²) in [5.41, 5.74) is 0.0153. The zero-order valence-electron chi connectivity index (χ0n) is 10.8. The highest BCUT2D eigenvalue weighted by Crippen LogP contribution is 2.45. The highest BCUT2D eigenvalue weighted by Gasteiger charge is 2.48. The summed E-state index contributed by atoms with van der Waals surface area (Å²) >= 11 is 1.73. The van der Waals surface area contributed by atoms with Crippen LogP contribution in [0.25, 0.3) is 0 Å². The number of hydrogen-bond donors (Lipinski definition) is 1. The predicted molar refractivity (Wildman–Crippen MR) is 71.1 cm³/mol. The lowest BCUT2D eigenvalue weighted by Gasteiger charge is -2.55. The van der Waals surface area contributed by atoms with Gasteiger partial charge in [0.05, 0.1) is 6.10 Å². The highest BCUT2D eigenvalue weighted by molar-refractivity contribution is 7.98. The van der Waals surface area contributed by atoms with E-state index >= 15 is 0 Å². The molecule has 1 spiro atoms. The van der Waals surface area contributed by atoms with Crippen molar-refractivity contribution in [1.29, 1.82) is 0 Å². The van der Waals surface area contributed by atoms with Crippen molar-refractivity contribution >= 4 is 17.7 Å². The third-order valence-corrected chi connectivity index (χ3v) is 5.10. The van der Waals surface area contributed by atoms with E-state index in [0.717, 1.165) is 38.0 Å². The first-order valence-electron chi connectivity index (χ1n) is 6.57. The largest absolute Gasteiger partial charge is 0.393 e. The number of aliphatic hydroxyl groups excluding tert-OH is 1. The first-order chi connectivity index (χ1) is 8.09. The van der Waals surface area contributed by atoms with Crippen LogP contribution in [0.5, 0.6) is 0 Å². The SMILES string of the molecule is CSCC(C)C(=O)N1CCC(O)CC12CCC2. The molecular formula is C13H23NO2S. The van der Waals surface area contributed by atoms with E-state index in [1.807, 2.05) is 13.2 Å². The summed E-state index contributed by atoms with van der Waals surface area (Å²) in [4.78, 5) is 14.5. The van der Waals surface area contributed by atoms with Gasteiger partial charge in [0.15, 0.2) is 0 Å². The van der Waals surface area contributed by atoms with E-state index in [2.05, 4.69) is 4.90 Å². The van der Waals surface area contributed by atoms with E-state index in [1.54, 1.807) is 11.8 Å². The lowest BCUT2D eigenvalue weighted by molar-refractivity contribution is -0.152. The van der Waals surface area contributed by atoms with Crippen LogP contribution in [0.15, 0.2) is 0 Å². The Morgan fingerprint density at radius 3 is 2.82 bits per heavy atom. The summed E-state index contributed by atoms with van der Waals surface area (Å²) in [6.45, 7) is 2.77. The van der Waals surface area contributed by atoms with Crippen molar-refractivity contribution in [3.63, 3.8) is 0 Å². The van der Waals surface area contributed by atoms with Crippen LogP contribution in [0.2, 0.25) is 0 Å². The van der Waals surface area contributed by atoms with E-state index in [-0.39, 0.29) is 17.6 Å². The zero-order valence-corrected chi connectivity index (χ0v) is 11.6. The summed E-state index contributed by atoms with van der Waals surface area (Å²) in [5, 5.41) is 9.81. The van der Waals surface area contributed by atoms with Crippen molar-refractivity contribution in [3.05, 3.63) is 0 Å². The van der Waals surface area contributed by atoms with Crippen LogP contribution in [0.4, 0.5) is 0 Å². The van der Waals surface area contributed by atoms with Gasteiger partial charge in [-0.2, -0.15) is 11.8 Å². The first-order valence-corrected chi connectivity index (χ1v) is 7.97. The van der Waals surface area contributed by atoms with Gasteiger partial charge in [0.25, 0.3) is 0 Å². The molecular weight excluding hydrogens is 234 g/mol. The fourth-order valence-electron chi connectivity index (χ4n) is 3.16. The molecule has 1 aliphatic carbocycles. The van der Waals surface area contributed by atoms with Crippen LogP contribution in [0.1, 0.15) is 39.0 Å². The van der Waals surface area contributed by atoms with Gasteiger partial charge in [0.1, 0.15) is 0 Å². The van der Waals surface area contributed by atoms with Gasteiger partial charge in [-0.05, 0) is 38.4 Å². The maximum Gasteiger partial charge on any atom is 0.226 e. The molecule has 2 unspecified atom stereocenters. The maximum absolute atomic E-state index is 12.4. The van der Waals surface area contributed by atoms with Gasteiger partial charge in [-0.3, -0.25) is 4.79 Å². The summed E-state index contributed by atoms with van der Waals surface area (Å²) in [6, 6.07) is 0. The summed E-state index contributed by atoms with van der Waals surface area (Å²) < 4.78 is 0. The van der Waals surface area contributed by atoms with Gasteiger partial charge in [-0.25, -0.2) is 0 Å². The Labute approximate surface area is 108 Å². The lowest BCUT2D eigenvalue weighted by atomic mass is 9.69. The molecule has 2 fully saturated rings. The number of carbonyl (C=O) groups excluding carboxylic acids is 1. The Kier molecular flexibility index (Phi) is 4.03. The second-order valence-corrected chi connectivity index (χ2v) is 6.48. The van der Waals surface area contributed by atoms with Crippen molar-refractivity contribution in [2.75, 3.05) is 18.6 Å². The van der Waals surface area contributed by atoms with Crippen LogP contribution < -0.4 is 0 Å². The molecule has 1 amide bonds. The molecule has 17 heavy (non-hydrogen) atoms. The molecule has 0 aromatic heterocycles. The van der Waals surface area contributed by atoms with Crippen LogP contribution in [0.3, 0.4) is 0 Å². The van der Waals surface area contributed by atoms with E-state index in [0.29, 0.717) is 5.91 Å². The van der Waals surface area contributed by atoms with Crippen molar-refractivity contribution < 1.29 is 9.90 Å². The maximum atomic E-state index is 12.4. The van der Waals surface area contributed by atoms with Gasteiger partial charge >= 0.3 is 0 Å². The summed E-state index contributed by atoms with van der Waals surface area (Å²) in [7, 11) is 0. The second kappa shape index (κ2) is 5.19. The molecule has 0 aromatic rings. The average molecular weight is 257 g/mol. The Hall–Kier alpha value is -0.220. The van der Waals surface area contributed by atoms with E-state index < -0.39 is 0 Å². The quantitative estimate of drug-likeness (QED) is 0.839. The molecule has 1 heterocycles. The van der Waals surface area contributed by atoms with Gasteiger partial charge in [0, 0.05) is 23.8 Å². The van der Waals surface area contributed by atoms with Gasteiger partial charge in [-0.15, -0.1) is 0 Å². The van der Waals surface area contributed by atoms with Gasteiger partial charge < -0.3 is 10.0 Å². The number of piperidine rings is 1. The summed E-state index contributed by atoms with van der Waals surface area (Å²) in [6.07, 6.45) is 6.76. The second-order valence-electron chi connectivity index (χ2n) is 5.57. The smallest absolute Gasteiger partial charge is 0.226 e. The molecule has 0 radical (unpaired) electrons. The van der Waals surface area contributed by atoms with Crippen LogP contribution in [-0.4, -0.2) is 46.1 Å². The molecule has 0 bridgehead atoms. The monoisotopic (exact) mass is 257 g/mol. The molecule has 1 N–H and O–H groups in total. The Bertz CT molecular complexity index is 291. The molecule has 1 saturated carbocycles. The van der Waals surface area contributed by atoms with E-state index in [1.165, 1.54) is 6.42 Å². The third kappa shape index (κ3) is 2.48. The normalized spacial score (nSPS) is 28.9. The highest BCUT2D eigenvalue weighted by atomic mass is 32.2. The Morgan fingerprint density at radius 1 is 1.59 bits per heavy atom. The van der Waals surface area contributed by atoms with Gasteiger partial charge in [-0.1, -0.05) is 6.92 Å². The first kappa shape index (κ1) is 13.2. The Morgan fingerprint density at radius 2 is 2.29 bits per heavy atom. The fraction of sp³-hybridized carbons (Fsp3) is 0.923. The fourth-order valence-corrected chi connectivity index (χ4v) is 3.80. The number of nitrogens with zero attached hydrogens (tertiary/aromatic N) is 1. The molecule has 3 nitrogen and oxygen atoms in total. The van der Waals surface area contributed by atoms with E-state index in [9.17, 15) is 9.90 Å². The third-order valence-electron chi connectivity index (χ3n) is 4.26. The van der Waals surface area contributed by atoms with Crippen molar-refractivity contribution in [2.45, 2.75) is 50.7 Å². The molecule has 0 aromatic carbocycles. The average Bonchev–Trinajstić information content (AvgIpc) is 2.26. The molecule has 2 atom stereocenters. The number of rotatable bonds is 3. The molecule has 98 valence electrons. The number of aliphatic hydroxyl groups is 1. The number of likely N-dealkylation sites (tertiary alicyclic amines) is 1. The van der Waals surface area contributed by atoms with Crippen molar-refractivity contribution in [2.24, 2.45) is 5.92 Å². The van der Waals surface area contributed by atoms with Crippen LogP contribution in [0, 0.1) is 5.92 Å². The molecule has 4 heteroatoms. The number of carbonyl (C=O) groups is 1. The minimum Gasteiger partial charge on any atom is -0.393 e. The zero-order chi connectivity index (χ0) is 12.5. The summed E-state index contributed by atoms with van der Waals surface area (Å²) in [5.74, 6) is 1.30. The standard InChI is InChI=1S/C13H23NO2S/c1-10(9-17-2)12(16)14-7-4-11(15)8-13(14)5-3-6-13/h10-11,15H,3-9H2,1-2H3. The van der Waals surface area contributed by atoms with Crippen molar-refractivity contribution in [1.82, 2.24) is 4.90 Å². The van der Waals surface area contributed by atoms with Gasteiger partial charge in [0.2, 0.25) is 5.91 Å². The minimum absolute atomic E-state index is 0.0153. The molecule has 2 aliphatic rings. The molecule has 1 aliphatic heterocycles. The molecule has 2 rings (SSSR count).